The lowest BCUT2D eigenvalue weighted by Gasteiger charge is -2.07. The summed E-state index contributed by atoms with van der Waals surface area (Å²) in [5.74, 6) is 0.883. The topological polar surface area (TPSA) is 0 Å². The van der Waals surface area contributed by atoms with Crippen molar-refractivity contribution in [1.29, 1.82) is 0 Å². The number of fused-ring (bicyclic) bond motifs is 1. The van der Waals surface area contributed by atoms with E-state index >= 15 is 0 Å². The van der Waals surface area contributed by atoms with Crippen LogP contribution in [0.1, 0.15) is 44.7 Å². The average Bonchev–Trinajstić information content (AvgIpc) is 2.41. The highest BCUT2D eigenvalue weighted by molar-refractivity contribution is 5.28. The zero-order chi connectivity index (χ0) is 10.4. The van der Waals surface area contributed by atoms with Crippen LogP contribution in [0, 0.1) is 5.92 Å². The van der Waals surface area contributed by atoms with E-state index in [9.17, 15) is 0 Å². The van der Waals surface area contributed by atoms with Crippen molar-refractivity contribution >= 4 is 0 Å². The molecule has 0 saturated carbocycles. The zero-order valence-electron chi connectivity index (χ0n) is 9.72. The summed E-state index contributed by atoms with van der Waals surface area (Å²) in [4.78, 5) is 0. The molecule has 0 fully saturated rings. The first kappa shape index (κ1) is 11.3. The van der Waals surface area contributed by atoms with Crippen LogP contribution in [0.2, 0.25) is 0 Å². The maximum absolute atomic E-state index is 2.36. The Hall–Kier alpha value is -0.780. The molecule has 1 aromatic carbocycles. The molecular formula is C14H22. The minimum atomic E-state index is 0.883. The third kappa shape index (κ3) is 2.87. The first-order valence-electron chi connectivity index (χ1n) is 5.93. The van der Waals surface area contributed by atoms with Gasteiger partial charge in [0.15, 0.2) is 0 Å². The monoisotopic (exact) mass is 190 g/mol. The van der Waals surface area contributed by atoms with Crippen molar-refractivity contribution in [2.45, 2.75) is 46.5 Å². The maximum atomic E-state index is 2.36. The van der Waals surface area contributed by atoms with Gasteiger partial charge in [0.05, 0.1) is 0 Å². The molecule has 0 nitrogen and oxygen atoms in total. The summed E-state index contributed by atoms with van der Waals surface area (Å²) in [5.41, 5.74) is 3.17. The van der Waals surface area contributed by atoms with Crippen LogP contribution in [0.3, 0.4) is 0 Å². The molecule has 1 aliphatic rings. The normalized spacial score (nSPS) is 20.1. The SMILES string of the molecule is CC.C[C@H]1CCCc2ccccc2C1. The summed E-state index contributed by atoms with van der Waals surface area (Å²) in [7, 11) is 0. The van der Waals surface area contributed by atoms with Gasteiger partial charge in [-0.25, -0.2) is 0 Å². The Kier molecular flexibility index (Phi) is 4.72. The Bertz CT molecular complexity index is 262. The fraction of sp³-hybridized carbons (Fsp3) is 0.571. The van der Waals surface area contributed by atoms with E-state index in [1.165, 1.54) is 25.7 Å². The lowest BCUT2D eigenvalue weighted by molar-refractivity contribution is 0.526. The second-order valence-electron chi connectivity index (χ2n) is 3.97. The van der Waals surface area contributed by atoms with Gasteiger partial charge in [0.25, 0.3) is 0 Å². The van der Waals surface area contributed by atoms with Crippen LogP contribution < -0.4 is 0 Å². The van der Waals surface area contributed by atoms with Crippen LogP contribution in [0.5, 0.6) is 0 Å². The van der Waals surface area contributed by atoms with Crippen LogP contribution in [-0.2, 0) is 12.8 Å². The Labute approximate surface area is 88.4 Å². The molecule has 0 heteroatoms. The predicted octanol–water partition coefficient (Wildman–Crippen LogP) is 4.23. The van der Waals surface area contributed by atoms with Crippen molar-refractivity contribution in [2.24, 2.45) is 5.92 Å². The molecule has 0 N–H and O–H groups in total. The van der Waals surface area contributed by atoms with Crippen molar-refractivity contribution < 1.29 is 0 Å². The van der Waals surface area contributed by atoms with Crippen molar-refractivity contribution in [2.75, 3.05) is 0 Å². The molecule has 0 heterocycles. The Balaban J connectivity index is 0.000000461. The largest absolute Gasteiger partial charge is 0.0683 e. The van der Waals surface area contributed by atoms with Crippen molar-refractivity contribution in [3.63, 3.8) is 0 Å². The van der Waals surface area contributed by atoms with Crippen molar-refractivity contribution in [3.05, 3.63) is 35.4 Å². The van der Waals surface area contributed by atoms with Gasteiger partial charge in [-0.2, -0.15) is 0 Å². The molecule has 1 aromatic rings. The van der Waals surface area contributed by atoms with E-state index in [0.29, 0.717) is 0 Å². The van der Waals surface area contributed by atoms with Gasteiger partial charge < -0.3 is 0 Å². The number of hydrogen-bond donors (Lipinski definition) is 0. The highest BCUT2D eigenvalue weighted by Crippen LogP contribution is 2.23. The Morgan fingerprint density at radius 2 is 1.71 bits per heavy atom. The lowest BCUT2D eigenvalue weighted by atomic mass is 9.99. The summed E-state index contributed by atoms with van der Waals surface area (Å²) >= 11 is 0. The number of rotatable bonds is 0. The summed E-state index contributed by atoms with van der Waals surface area (Å²) < 4.78 is 0. The molecule has 78 valence electrons. The van der Waals surface area contributed by atoms with Gasteiger partial charge in [-0.15, -0.1) is 0 Å². The first-order chi connectivity index (χ1) is 6.86. The van der Waals surface area contributed by atoms with Gasteiger partial charge in [-0.1, -0.05) is 51.5 Å². The van der Waals surface area contributed by atoms with Crippen LogP contribution in [0.4, 0.5) is 0 Å². The lowest BCUT2D eigenvalue weighted by Crippen LogP contribution is -1.96. The first-order valence-corrected chi connectivity index (χ1v) is 5.93. The van der Waals surface area contributed by atoms with Gasteiger partial charge >= 0.3 is 0 Å². The smallest absolute Gasteiger partial charge is 0.0250 e. The Morgan fingerprint density at radius 3 is 2.43 bits per heavy atom. The Morgan fingerprint density at radius 1 is 1.07 bits per heavy atom. The molecule has 0 unspecified atom stereocenters. The number of benzene rings is 1. The van der Waals surface area contributed by atoms with Crippen molar-refractivity contribution in [3.8, 4) is 0 Å². The van der Waals surface area contributed by atoms with Crippen LogP contribution in [0.15, 0.2) is 24.3 Å². The van der Waals surface area contributed by atoms with E-state index in [1.807, 2.05) is 13.8 Å². The van der Waals surface area contributed by atoms with E-state index in [2.05, 4.69) is 31.2 Å². The minimum absolute atomic E-state index is 0.883. The fourth-order valence-electron chi connectivity index (χ4n) is 2.12. The number of hydrogen-bond acceptors (Lipinski definition) is 0. The number of aryl methyl sites for hydroxylation is 1. The summed E-state index contributed by atoms with van der Waals surface area (Å²) in [6, 6.07) is 8.90. The van der Waals surface area contributed by atoms with E-state index in [1.54, 1.807) is 11.1 Å². The fourth-order valence-corrected chi connectivity index (χ4v) is 2.12. The molecular weight excluding hydrogens is 168 g/mol. The van der Waals surface area contributed by atoms with Crippen LogP contribution in [0.25, 0.3) is 0 Å². The highest BCUT2D eigenvalue weighted by atomic mass is 14.2. The molecule has 1 atom stereocenters. The van der Waals surface area contributed by atoms with Crippen molar-refractivity contribution in [1.82, 2.24) is 0 Å². The zero-order valence-corrected chi connectivity index (χ0v) is 9.72. The molecule has 0 saturated heterocycles. The molecule has 0 radical (unpaired) electrons. The summed E-state index contributed by atoms with van der Waals surface area (Å²) in [5, 5.41) is 0. The third-order valence-corrected chi connectivity index (χ3v) is 2.83. The predicted molar refractivity (Wildman–Crippen MR) is 63.6 cm³/mol. The average molecular weight is 190 g/mol. The molecule has 14 heavy (non-hydrogen) atoms. The quantitative estimate of drug-likeness (QED) is 0.537. The summed E-state index contributed by atoms with van der Waals surface area (Å²) in [6.07, 6.45) is 5.35. The van der Waals surface area contributed by atoms with Gasteiger partial charge in [-0.05, 0) is 36.3 Å². The van der Waals surface area contributed by atoms with E-state index in [4.69, 9.17) is 0 Å². The second-order valence-corrected chi connectivity index (χ2v) is 3.97. The molecule has 0 aromatic heterocycles. The third-order valence-electron chi connectivity index (χ3n) is 2.83. The van der Waals surface area contributed by atoms with E-state index in [-0.39, 0.29) is 0 Å². The molecule has 0 aliphatic heterocycles. The van der Waals surface area contributed by atoms with Gasteiger partial charge in [0.1, 0.15) is 0 Å². The highest BCUT2D eigenvalue weighted by Gasteiger charge is 2.11. The van der Waals surface area contributed by atoms with Gasteiger partial charge in [0, 0.05) is 0 Å². The van der Waals surface area contributed by atoms with E-state index in [0.717, 1.165) is 5.92 Å². The minimum Gasteiger partial charge on any atom is -0.0683 e. The second kappa shape index (κ2) is 5.85. The molecule has 0 bridgehead atoms. The molecule has 0 amide bonds. The van der Waals surface area contributed by atoms with Gasteiger partial charge in [-0.3, -0.25) is 0 Å². The maximum Gasteiger partial charge on any atom is -0.0250 e. The van der Waals surface area contributed by atoms with Crippen LogP contribution >= 0.6 is 0 Å². The van der Waals surface area contributed by atoms with Gasteiger partial charge in [0.2, 0.25) is 0 Å². The molecule has 2 rings (SSSR count). The standard InChI is InChI=1S/C12H16.C2H6/c1-10-5-4-8-11-6-2-3-7-12(11)9-10;1-2/h2-3,6-7,10H,4-5,8-9H2,1H3;1-2H3/t10-;/m0./s1. The molecule has 0 spiro atoms. The van der Waals surface area contributed by atoms with Crippen LogP contribution in [-0.4, -0.2) is 0 Å². The molecule has 1 aliphatic carbocycles. The van der Waals surface area contributed by atoms with E-state index < -0.39 is 0 Å². The summed E-state index contributed by atoms with van der Waals surface area (Å²) in [6.45, 7) is 6.36.